The molecular weight excluding hydrogens is 499 g/mol. The number of halogens is 1. The minimum absolute atomic E-state index is 0.0164. The fourth-order valence-corrected chi connectivity index (χ4v) is 5.45. The summed E-state index contributed by atoms with van der Waals surface area (Å²) in [6.07, 6.45) is 5.47. The van der Waals surface area contributed by atoms with Gasteiger partial charge in [0, 0.05) is 29.5 Å². The lowest BCUT2D eigenvalue weighted by atomic mass is 10.2. The fourth-order valence-electron chi connectivity index (χ4n) is 3.63. The second-order valence-corrected chi connectivity index (χ2v) is 10.7. The number of hydrogen-bond acceptors (Lipinski definition) is 5. The van der Waals surface area contributed by atoms with Gasteiger partial charge in [-0.1, -0.05) is 18.2 Å². The standard InChI is InChI=1S/C26H25FN4O3S2/c1-19-28-14-15-30(19)22-8-6-20(7-9-22)17-29-26(32)18-31(23-5-3-4-21(27)16-23)36(33,34)25-12-10-24(35-2)11-13-25/h3-16H,17-18H2,1-2H3,(H,29,32). The van der Waals surface area contributed by atoms with Gasteiger partial charge in [0.25, 0.3) is 10.0 Å². The van der Waals surface area contributed by atoms with Crippen molar-refractivity contribution in [2.75, 3.05) is 17.1 Å². The summed E-state index contributed by atoms with van der Waals surface area (Å²) in [6, 6.07) is 19.1. The number of carbonyl (C=O) groups excluding carboxylic acids is 1. The molecule has 3 aromatic carbocycles. The van der Waals surface area contributed by atoms with E-state index < -0.39 is 28.3 Å². The Balaban J connectivity index is 1.51. The number of sulfonamides is 1. The minimum Gasteiger partial charge on any atom is -0.350 e. The lowest BCUT2D eigenvalue weighted by Crippen LogP contribution is -2.40. The molecule has 7 nitrogen and oxygen atoms in total. The first-order valence-corrected chi connectivity index (χ1v) is 13.7. The lowest BCUT2D eigenvalue weighted by molar-refractivity contribution is -0.119. The largest absolute Gasteiger partial charge is 0.350 e. The first-order chi connectivity index (χ1) is 17.3. The summed E-state index contributed by atoms with van der Waals surface area (Å²) in [5.74, 6) is -0.255. The van der Waals surface area contributed by atoms with Crippen LogP contribution in [0.15, 0.2) is 95.0 Å². The summed E-state index contributed by atoms with van der Waals surface area (Å²) in [5, 5.41) is 2.76. The molecule has 0 atom stereocenters. The molecule has 0 saturated carbocycles. The molecule has 0 saturated heterocycles. The predicted octanol–water partition coefficient (Wildman–Crippen LogP) is 4.55. The summed E-state index contributed by atoms with van der Waals surface area (Å²) in [5.41, 5.74) is 1.85. The van der Waals surface area contributed by atoms with Gasteiger partial charge in [0.1, 0.15) is 18.2 Å². The van der Waals surface area contributed by atoms with E-state index in [1.807, 2.05) is 48.2 Å². The number of aryl methyl sites for hydroxylation is 1. The first-order valence-electron chi connectivity index (χ1n) is 11.1. The molecule has 1 amide bonds. The van der Waals surface area contributed by atoms with Crippen LogP contribution in [0.4, 0.5) is 10.1 Å². The maximum atomic E-state index is 14.0. The van der Waals surface area contributed by atoms with Gasteiger partial charge in [-0.3, -0.25) is 9.10 Å². The maximum Gasteiger partial charge on any atom is 0.264 e. The molecule has 1 N–H and O–H groups in total. The van der Waals surface area contributed by atoms with Crippen LogP contribution in [0.5, 0.6) is 0 Å². The van der Waals surface area contributed by atoms with E-state index in [1.54, 1.807) is 18.3 Å². The summed E-state index contributed by atoms with van der Waals surface area (Å²) < 4.78 is 43.7. The third-order valence-corrected chi connectivity index (χ3v) is 8.09. The zero-order chi connectivity index (χ0) is 25.7. The fraction of sp³-hybridized carbons (Fsp3) is 0.154. The van der Waals surface area contributed by atoms with E-state index in [-0.39, 0.29) is 17.1 Å². The first kappa shape index (κ1) is 25.5. The molecule has 1 aromatic heterocycles. The summed E-state index contributed by atoms with van der Waals surface area (Å²) in [4.78, 5) is 18.0. The SMILES string of the molecule is CSc1ccc(S(=O)(=O)N(CC(=O)NCc2ccc(-n3ccnc3C)cc2)c2cccc(F)c2)cc1. The average molecular weight is 525 g/mol. The van der Waals surface area contributed by atoms with Crippen LogP contribution in [0.3, 0.4) is 0 Å². The van der Waals surface area contributed by atoms with Gasteiger partial charge in [-0.05, 0) is 73.3 Å². The minimum atomic E-state index is -4.12. The van der Waals surface area contributed by atoms with Gasteiger partial charge in [0.05, 0.1) is 10.6 Å². The van der Waals surface area contributed by atoms with Crippen molar-refractivity contribution in [2.45, 2.75) is 23.3 Å². The Bertz CT molecular complexity index is 1450. The van der Waals surface area contributed by atoms with Crippen molar-refractivity contribution in [3.8, 4) is 5.69 Å². The van der Waals surface area contributed by atoms with Gasteiger partial charge in [-0.25, -0.2) is 17.8 Å². The van der Waals surface area contributed by atoms with Gasteiger partial charge in [0.2, 0.25) is 5.91 Å². The van der Waals surface area contributed by atoms with E-state index in [4.69, 9.17) is 0 Å². The van der Waals surface area contributed by atoms with Crippen molar-refractivity contribution in [1.29, 1.82) is 0 Å². The quantitative estimate of drug-likeness (QED) is 0.325. The highest BCUT2D eigenvalue weighted by Gasteiger charge is 2.27. The van der Waals surface area contributed by atoms with Gasteiger partial charge in [0.15, 0.2) is 0 Å². The zero-order valence-electron chi connectivity index (χ0n) is 19.8. The van der Waals surface area contributed by atoms with E-state index in [0.717, 1.165) is 32.3 Å². The number of carbonyl (C=O) groups is 1. The molecule has 1 heterocycles. The second kappa shape index (κ2) is 11.0. The number of imidazole rings is 1. The molecule has 4 rings (SSSR count). The van der Waals surface area contributed by atoms with Gasteiger partial charge in [-0.2, -0.15) is 0 Å². The van der Waals surface area contributed by atoms with Crippen LogP contribution >= 0.6 is 11.8 Å². The van der Waals surface area contributed by atoms with Crippen LogP contribution in [0.1, 0.15) is 11.4 Å². The van der Waals surface area contributed by atoms with Crippen LogP contribution in [0.2, 0.25) is 0 Å². The molecule has 10 heteroatoms. The molecule has 0 aliphatic rings. The molecule has 0 aliphatic carbocycles. The molecule has 0 radical (unpaired) electrons. The number of thioether (sulfide) groups is 1. The molecule has 0 aliphatic heterocycles. The van der Waals surface area contributed by atoms with Gasteiger partial charge >= 0.3 is 0 Å². The molecular formula is C26H25FN4O3S2. The number of hydrogen-bond donors (Lipinski definition) is 1. The summed E-state index contributed by atoms with van der Waals surface area (Å²) >= 11 is 1.48. The maximum absolute atomic E-state index is 14.0. The monoisotopic (exact) mass is 524 g/mol. The van der Waals surface area contributed by atoms with Crippen molar-refractivity contribution in [1.82, 2.24) is 14.9 Å². The van der Waals surface area contributed by atoms with Crippen LogP contribution in [-0.2, 0) is 21.4 Å². The Morgan fingerprint density at radius 1 is 1.08 bits per heavy atom. The number of nitrogens with zero attached hydrogens (tertiary/aromatic N) is 3. The van der Waals surface area contributed by atoms with E-state index in [2.05, 4.69) is 10.3 Å². The Hall–Kier alpha value is -3.63. The summed E-state index contributed by atoms with van der Waals surface area (Å²) in [6.45, 7) is 1.62. The molecule has 0 unspecified atom stereocenters. The Labute approximate surface area is 214 Å². The van der Waals surface area contributed by atoms with Crippen molar-refractivity contribution in [3.05, 3.63) is 102 Å². The number of aromatic nitrogens is 2. The normalized spacial score (nSPS) is 11.3. The highest BCUT2D eigenvalue weighted by molar-refractivity contribution is 7.98. The third-order valence-electron chi connectivity index (χ3n) is 5.56. The van der Waals surface area contributed by atoms with Crippen LogP contribution in [0, 0.1) is 12.7 Å². The van der Waals surface area contributed by atoms with Crippen LogP contribution < -0.4 is 9.62 Å². The number of nitrogens with one attached hydrogen (secondary N) is 1. The van der Waals surface area contributed by atoms with E-state index in [1.165, 1.54) is 42.1 Å². The molecule has 186 valence electrons. The molecule has 0 fully saturated rings. The van der Waals surface area contributed by atoms with Crippen LogP contribution in [0.25, 0.3) is 5.69 Å². The third kappa shape index (κ3) is 5.77. The zero-order valence-corrected chi connectivity index (χ0v) is 21.4. The number of rotatable bonds is 9. The van der Waals surface area contributed by atoms with Gasteiger partial charge < -0.3 is 9.88 Å². The number of anilines is 1. The molecule has 4 aromatic rings. The van der Waals surface area contributed by atoms with Crippen molar-refractivity contribution < 1.29 is 17.6 Å². The van der Waals surface area contributed by atoms with Crippen molar-refractivity contribution in [3.63, 3.8) is 0 Å². The average Bonchev–Trinajstić information content (AvgIpc) is 3.32. The highest BCUT2D eigenvalue weighted by Crippen LogP contribution is 2.26. The Morgan fingerprint density at radius 3 is 2.42 bits per heavy atom. The van der Waals surface area contributed by atoms with E-state index >= 15 is 0 Å². The predicted molar refractivity (Wildman–Crippen MR) is 139 cm³/mol. The Morgan fingerprint density at radius 2 is 1.81 bits per heavy atom. The molecule has 36 heavy (non-hydrogen) atoms. The molecule has 0 spiro atoms. The number of amides is 1. The van der Waals surface area contributed by atoms with E-state index in [0.29, 0.717) is 0 Å². The topological polar surface area (TPSA) is 84.3 Å². The lowest BCUT2D eigenvalue weighted by Gasteiger charge is -2.24. The molecule has 0 bridgehead atoms. The number of benzene rings is 3. The summed E-state index contributed by atoms with van der Waals surface area (Å²) in [7, 11) is -4.12. The smallest absolute Gasteiger partial charge is 0.264 e. The van der Waals surface area contributed by atoms with Crippen molar-refractivity contribution in [2.24, 2.45) is 0 Å². The highest BCUT2D eigenvalue weighted by atomic mass is 32.2. The van der Waals surface area contributed by atoms with E-state index in [9.17, 15) is 17.6 Å². The van der Waals surface area contributed by atoms with Crippen LogP contribution in [-0.4, -0.2) is 36.7 Å². The second-order valence-electron chi connectivity index (χ2n) is 7.95. The Kier molecular flexibility index (Phi) is 7.76. The van der Waals surface area contributed by atoms with Crippen molar-refractivity contribution >= 4 is 33.4 Å². The van der Waals surface area contributed by atoms with Gasteiger partial charge in [-0.15, -0.1) is 11.8 Å².